The Morgan fingerprint density at radius 1 is 1.26 bits per heavy atom. The minimum absolute atomic E-state index is 0.425. The highest BCUT2D eigenvalue weighted by molar-refractivity contribution is 8.00. The molecule has 0 saturated carbocycles. The lowest BCUT2D eigenvalue weighted by atomic mass is 9.93. The molecule has 2 aromatic heterocycles. The summed E-state index contributed by atoms with van der Waals surface area (Å²) in [7, 11) is 0. The van der Waals surface area contributed by atoms with E-state index >= 15 is 0 Å². The number of thioether (sulfide) groups is 1. The van der Waals surface area contributed by atoms with Gasteiger partial charge in [0.2, 0.25) is 0 Å². The highest BCUT2D eigenvalue weighted by Gasteiger charge is 2.31. The van der Waals surface area contributed by atoms with Crippen LogP contribution in [-0.4, -0.2) is 23.4 Å². The van der Waals surface area contributed by atoms with E-state index in [4.69, 9.17) is 16.1 Å². The van der Waals surface area contributed by atoms with Crippen LogP contribution in [0, 0.1) is 0 Å². The van der Waals surface area contributed by atoms with Gasteiger partial charge in [0, 0.05) is 21.8 Å². The number of nitrogens with zero attached hydrogens (tertiary/aromatic N) is 1. The van der Waals surface area contributed by atoms with Crippen LogP contribution in [-0.2, 0) is 12.8 Å². The number of carbonyl (C=O) groups is 2. The quantitative estimate of drug-likeness (QED) is 0.593. The zero-order valence-electron chi connectivity index (χ0n) is 14.2. The van der Waals surface area contributed by atoms with Crippen molar-refractivity contribution in [2.75, 3.05) is 11.6 Å². The van der Waals surface area contributed by atoms with Crippen LogP contribution in [0.4, 0.5) is 10.5 Å². The molecule has 138 valence electrons. The van der Waals surface area contributed by atoms with Gasteiger partial charge in [0.15, 0.2) is 5.76 Å². The van der Waals surface area contributed by atoms with Crippen molar-refractivity contribution in [3.8, 4) is 11.3 Å². The van der Waals surface area contributed by atoms with Gasteiger partial charge in [-0.05, 0) is 48.9 Å². The summed E-state index contributed by atoms with van der Waals surface area (Å²) in [4.78, 5) is 25.4. The summed E-state index contributed by atoms with van der Waals surface area (Å²) in [5, 5.41) is 9.47. The number of benzene rings is 1. The number of carbonyl (C=O) groups excluding carboxylic acids is 2. The summed E-state index contributed by atoms with van der Waals surface area (Å²) >= 11 is 8.74. The summed E-state index contributed by atoms with van der Waals surface area (Å²) in [5.41, 5.74) is 3.43. The maximum atomic E-state index is 12.7. The molecule has 0 unspecified atom stereocenters. The van der Waals surface area contributed by atoms with Gasteiger partial charge in [-0.2, -0.15) is 0 Å². The summed E-state index contributed by atoms with van der Waals surface area (Å²) in [6.45, 7) is 0. The number of aryl methyl sites for hydroxylation is 1. The number of nitrogens with one attached hydrogen (secondary N) is 2. The van der Waals surface area contributed by atoms with Crippen LogP contribution >= 0.6 is 34.7 Å². The van der Waals surface area contributed by atoms with E-state index in [1.807, 2.05) is 6.26 Å². The van der Waals surface area contributed by atoms with Crippen LogP contribution < -0.4 is 10.6 Å². The summed E-state index contributed by atoms with van der Waals surface area (Å²) in [6.07, 6.45) is 5.14. The Balaban J connectivity index is 1.56. The Labute approximate surface area is 168 Å². The smallest absolute Gasteiger partial charge is 0.326 e. The van der Waals surface area contributed by atoms with Gasteiger partial charge >= 0.3 is 6.03 Å². The van der Waals surface area contributed by atoms with Gasteiger partial charge < -0.3 is 9.84 Å². The molecular weight excluding hydrogens is 406 g/mol. The SMILES string of the molecule is CSc1sc(C(=O)NC(=O)Nc2ccc(Cl)cc2)c2c1-c1oncc1CC2. The number of aromatic nitrogens is 1. The first-order valence-electron chi connectivity index (χ1n) is 8.08. The number of halogens is 1. The second-order valence-corrected chi connectivity index (χ2v) is 8.40. The van der Waals surface area contributed by atoms with E-state index in [-0.39, 0.29) is 0 Å². The zero-order valence-corrected chi connectivity index (χ0v) is 16.6. The molecule has 2 heterocycles. The highest BCUT2D eigenvalue weighted by atomic mass is 35.5. The first-order chi connectivity index (χ1) is 13.1. The van der Waals surface area contributed by atoms with Crippen LogP contribution in [0.25, 0.3) is 11.3 Å². The number of fused-ring (bicyclic) bond motifs is 3. The van der Waals surface area contributed by atoms with Gasteiger partial charge in [0.1, 0.15) is 0 Å². The number of anilines is 1. The molecular formula is C18H14ClN3O3S2. The number of amides is 3. The second-order valence-electron chi connectivity index (χ2n) is 5.87. The predicted octanol–water partition coefficient (Wildman–Crippen LogP) is 4.84. The molecule has 0 atom stereocenters. The topological polar surface area (TPSA) is 84.2 Å². The molecule has 0 saturated heterocycles. The van der Waals surface area contributed by atoms with Crippen LogP contribution in [0.2, 0.25) is 5.02 Å². The molecule has 27 heavy (non-hydrogen) atoms. The Kier molecular flexibility index (Phi) is 4.94. The van der Waals surface area contributed by atoms with E-state index in [1.54, 1.807) is 42.2 Å². The lowest BCUT2D eigenvalue weighted by Crippen LogP contribution is -2.34. The first kappa shape index (κ1) is 18.1. The molecule has 0 aliphatic heterocycles. The van der Waals surface area contributed by atoms with Gasteiger partial charge in [-0.1, -0.05) is 16.8 Å². The number of urea groups is 1. The minimum atomic E-state index is -0.591. The van der Waals surface area contributed by atoms with Crippen molar-refractivity contribution in [3.63, 3.8) is 0 Å². The van der Waals surface area contributed by atoms with Crippen LogP contribution in [0.5, 0.6) is 0 Å². The summed E-state index contributed by atoms with van der Waals surface area (Å²) in [5.74, 6) is 0.299. The molecule has 4 rings (SSSR count). The van der Waals surface area contributed by atoms with Gasteiger partial charge in [-0.25, -0.2) is 4.79 Å². The van der Waals surface area contributed by atoms with Gasteiger partial charge in [0.05, 0.1) is 15.3 Å². The van der Waals surface area contributed by atoms with Crippen LogP contribution in [0.1, 0.15) is 20.8 Å². The van der Waals surface area contributed by atoms with Gasteiger partial charge in [-0.3, -0.25) is 10.1 Å². The average Bonchev–Trinajstić information content (AvgIpc) is 3.27. The maximum absolute atomic E-state index is 12.7. The summed E-state index contributed by atoms with van der Waals surface area (Å²) < 4.78 is 6.39. The van der Waals surface area contributed by atoms with Crippen LogP contribution in [0.3, 0.4) is 0 Å². The lowest BCUT2D eigenvalue weighted by molar-refractivity contribution is 0.0970. The third-order valence-corrected chi connectivity index (χ3v) is 6.81. The van der Waals surface area contributed by atoms with Crippen molar-refractivity contribution < 1.29 is 14.1 Å². The number of rotatable bonds is 3. The van der Waals surface area contributed by atoms with Crippen LogP contribution in [0.15, 0.2) is 39.2 Å². The number of imide groups is 1. The van der Waals surface area contributed by atoms with E-state index in [1.165, 1.54) is 11.3 Å². The molecule has 6 nitrogen and oxygen atoms in total. The fourth-order valence-electron chi connectivity index (χ4n) is 3.00. The molecule has 9 heteroatoms. The fourth-order valence-corrected chi connectivity index (χ4v) is 5.10. The molecule has 1 aromatic carbocycles. The third kappa shape index (κ3) is 3.47. The molecule has 0 spiro atoms. The monoisotopic (exact) mass is 419 g/mol. The standard InChI is InChI=1S/C18H14ClN3O3S2/c1-26-17-13-12(7-2-9-8-20-25-14(9)13)15(27-17)16(23)22-18(24)21-11-5-3-10(19)4-6-11/h3-6,8H,2,7H2,1H3,(H2,21,22,23,24). The van der Waals surface area contributed by atoms with E-state index in [0.29, 0.717) is 22.0 Å². The molecule has 0 radical (unpaired) electrons. The first-order valence-corrected chi connectivity index (χ1v) is 10.5. The molecule has 1 aliphatic carbocycles. The molecule has 3 aromatic rings. The Morgan fingerprint density at radius 2 is 2.04 bits per heavy atom. The van der Waals surface area contributed by atoms with Crippen molar-refractivity contribution in [1.29, 1.82) is 0 Å². The second kappa shape index (κ2) is 7.38. The number of hydrogen-bond donors (Lipinski definition) is 2. The zero-order chi connectivity index (χ0) is 19.0. The minimum Gasteiger partial charge on any atom is -0.356 e. The predicted molar refractivity (Wildman–Crippen MR) is 107 cm³/mol. The largest absolute Gasteiger partial charge is 0.356 e. The average molecular weight is 420 g/mol. The lowest BCUT2D eigenvalue weighted by Gasteiger charge is -2.12. The molecule has 1 aliphatic rings. The highest BCUT2D eigenvalue weighted by Crippen LogP contribution is 2.46. The van der Waals surface area contributed by atoms with Gasteiger partial charge in [0.25, 0.3) is 5.91 Å². The van der Waals surface area contributed by atoms with Crippen molar-refractivity contribution in [1.82, 2.24) is 10.5 Å². The third-order valence-electron chi connectivity index (χ3n) is 4.21. The van der Waals surface area contributed by atoms with E-state index in [2.05, 4.69) is 15.8 Å². The normalized spacial score (nSPS) is 12.2. The van der Waals surface area contributed by atoms with E-state index < -0.39 is 11.9 Å². The molecule has 3 amide bonds. The summed E-state index contributed by atoms with van der Waals surface area (Å²) in [6, 6.07) is 6.06. The Morgan fingerprint density at radius 3 is 2.78 bits per heavy atom. The molecule has 0 fully saturated rings. The Hall–Kier alpha value is -2.29. The van der Waals surface area contributed by atoms with Crippen molar-refractivity contribution in [3.05, 3.63) is 51.5 Å². The van der Waals surface area contributed by atoms with Gasteiger partial charge in [-0.15, -0.1) is 23.1 Å². The van der Waals surface area contributed by atoms with E-state index in [0.717, 1.165) is 33.1 Å². The molecule has 0 bridgehead atoms. The fraction of sp³-hybridized carbons (Fsp3) is 0.167. The Bertz CT molecular complexity index is 1030. The molecule has 2 N–H and O–H groups in total. The number of thiophene rings is 1. The van der Waals surface area contributed by atoms with Crippen molar-refractivity contribution in [2.24, 2.45) is 0 Å². The number of hydrogen-bond acceptors (Lipinski definition) is 6. The van der Waals surface area contributed by atoms with Crippen molar-refractivity contribution in [2.45, 2.75) is 17.1 Å². The van der Waals surface area contributed by atoms with E-state index in [9.17, 15) is 9.59 Å². The van der Waals surface area contributed by atoms with Crippen molar-refractivity contribution >= 4 is 52.3 Å². The maximum Gasteiger partial charge on any atom is 0.326 e.